The van der Waals surface area contributed by atoms with Crippen LogP contribution < -0.4 is 4.90 Å². The van der Waals surface area contributed by atoms with E-state index in [1.54, 1.807) is 0 Å². The Bertz CT molecular complexity index is 348. The van der Waals surface area contributed by atoms with Gasteiger partial charge in [0.1, 0.15) is 0 Å². The zero-order valence-electron chi connectivity index (χ0n) is 9.64. The van der Waals surface area contributed by atoms with Gasteiger partial charge in [0.15, 0.2) is 0 Å². The molecule has 15 heavy (non-hydrogen) atoms. The maximum absolute atomic E-state index is 9.68. The van der Waals surface area contributed by atoms with E-state index in [4.69, 9.17) is 0 Å². The number of para-hydroxylation sites is 1. The van der Waals surface area contributed by atoms with Crippen molar-refractivity contribution in [2.75, 3.05) is 4.90 Å². The van der Waals surface area contributed by atoms with Crippen LogP contribution in [0, 0.1) is 0 Å². The number of hydrogen-bond acceptors (Lipinski definition) is 2. The Labute approximate surface area is 91.5 Å². The molecule has 3 unspecified atom stereocenters. The summed E-state index contributed by atoms with van der Waals surface area (Å²) in [6, 6.07) is 9.16. The van der Waals surface area contributed by atoms with E-state index in [0.29, 0.717) is 6.04 Å². The predicted octanol–water partition coefficient (Wildman–Crippen LogP) is 2.21. The lowest BCUT2D eigenvalue weighted by Crippen LogP contribution is -2.43. The van der Waals surface area contributed by atoms with Crippen molar-refractivity contribution in [2.24, 2.45) is 0 Å². The predicted molar refractivity (Wildman–Crippen MR) is 63.2 cm³/mol. The standard InChI is InChI=1S/C13H19NO/c1-9-8-12-6-4-5-7-13(12)14(9)10(2)11(3)15/h4-7,9-11,15H,8H2,1-3H3. The molecule has 0 spiro atoms. The second-order valence-electron chi connectivity index (χ2n) is 4.57. The SMILES string of the molecule is CC(O)C(C)N1c2ccccc2CC1C. The highest BCUT2D eigenvalue weighted by Gasteiger charge is 2.30. The van der Waals surface area contributed by atoms with E-state index in [1.807, 2.05) is 6.92 Å². The van der Waals surface area contributed by atoms with Gasteiger partial charge in [0.05, 0.1) is 12.1 Å². The van der Waals surface area contributed by atoms with Crippen molar-refractivity contribution in [1.82, 2.24) is 0 Å². The van der Waals surface area contributed by atoms with Crippen LogP contribution in [0.3, 0.4) is 0 Å². The molecule has 1 aromatic rings. The normalized spacial score (nSPS) is 23.7. The van der Waals surface area contributed by atoms with Crippen LogP contribution in [0.4, 0.5) is 5.69 Å². The van der Waals surface area contributed by atoms with Crippen molar-refractivity contribution in [2.45, 2.75) is 45.4 Å². The first-order valence-corrected chi connectivity index (χ1v) is 5.65. The number of nitrogens with zero attached hydrogens (tertiary/aromatic N) is 1. The summed E-state index contributed by atoms with van der Waals surface area (Å²) < 4.78 is 0. The smallest absolute Gasteiger partial charge is 0.0712 e. The molecule has 0 saturated heterocycles. The van der Waals surface area contributed by atoms with Crippen molar-refractivity contribution in [1.29, 1.82) is 0 Å². The molecule has 2 rings (SSSR count). The average Bonchev–Trinajstić information content (AvgIpc) is 2.52. The van der Waals surface area contributed by atoms with Gasteiger partial charge in [0.2, 0.25) is 0 Å². The highest BCUT2D eigenvalue weighted by molar-refractivity contribution is 5.60. The van der Waals surface area contributed by atoms with Gasteiger partial charge in [-0.05, 0) is 38.8 Å². The molecule has 1 aliphatic heterocycles. The summed E-state index contributed by atoms with van der Waals surface area (Å²) in [5.41, 5.74) is 2.69. The minimum absolute atomic E-state index is 0.184. The lowest BCUT2D eigenvalue weighted by atomic mass is 10.1. The second kappa shape index (κ2) is 3.86. The molecular formula is C13H19NO. The van der Waals surface area contributed by atoms with Crippen LogP contribution in [0.1, 0.15) is 26.3 Å². The van der Waals surface area contributed by atoms with Crippen molar-refractivity contribution in [3.8, 4) is 0 Å². The molecule has 0 aliphatic carbocycles. The van der Waals surface area contributed by atoms with Crippen LogP contribution in [-0.4, -0.2) is 23.3 Å². The quantitative estimate of drug-likeness (QED) is 0.800. The Morgan fingerprint density at radius 1 is 1.33 bits per heavy atom. The lowest BCUT2D eigenvalue weighted by molar-refractivity contribution is 0.163. The lowest BCUT2D eigenvalue weighted by Gasteiger charge is -2.33. The van der Waals surface area contributed by atoms with Gasteiger partial charge in [-0.25, -0.2) is 0 Å². The summed E-state index contributed by atoms with van der Waals surface area (Å²) in [4.78, 5) is 2.33. The van der Waals surface area contributed by atoms with Crippen molar-refractivity contribution in [3.05, 3.63) is 29.8 Å². The van der Waals surface area contributed by atoms with Crippen LogP contribution in [-0.2, 0) is 6.42 Å². The first-order chi connectivity index (χ1) is 7.11. The molecule has 0 saturated carbocycles. The highest BCUT2D eigenvalue weighted by Crippen LogP contribution is 2.33. The van der Waals surface area contributed by atoms with E-state index < -0.39 is 0 Å². The summed E-state index contributed by atoms with van der Waals surface area (Å²) in [5, 5.41) is 9.68. The van der Waals surface area contributed by atoms with Gasteiger partial charge >= 0.3 is 0 Å². The van der Waals surface area contributed by atoms with Crippen molar-refractivity contribution in [3.63, 3.8) is 0 Å². The Hall–Kier alpha value is -1.02. The van der Waals surface area contributed by atoms with Crippen LogP contribution in [0.15, 0.2) is 24.3 Å². The molecule has 2 nitrogen and oxygen atoms in total. The zero-order chi connectivity index (χ0) is 11.0. The molecule has 2 heteroatoms. The van der Waals surface area contributed by atoms with E-state index in [0.717, 1.165) is 6.42 Å². The van der Waals surface area contributed by atoms with Gasteiger partial charge in [-0.2, -0.15) is 0 Å². The number of hydrogen-bond donors (Lipinski definition) is 1. The second-order valence-corrected chi connectivity index (χ2v) is 4.57. The van der Waals surface area contributed by atoms with Crippen LogP contribution in [0.2, 0.25) is 0 Å². The number of aliphatic hydroxyl groups excluding tert-OH is 1. The summed E-state index contributed by atoms with van der Waals surface area (Å²) >= 11 is 0. The highest BCUT2D eigenvalue weighted by atomic mass is 16.3. The van der Waals surface area contributed by atoms with Gasteiger partial charge in [0.25, 0.3) is 0 Å². The van der Waals surface area contributed by atoms with E-state index in [-0.39, 0.29) is 12.1 Å². The Kier molecular flexibility index (Phi) is 2.70. The molecular weight excluding hydrogens is 186 g/mol. The fourth-order valence-electron chi connectivity index (χ4n) is 2.44. The molecule has 0 radical (unpaired) electrons. The molecule has 0 amide bonds. The molecule has 82 valence electrons. The maximum Gasteiger partial charge on any atom is 0.0712 e. The van der Waals surface area contributed by atoms with Gasteiger partial charge in [-0.3, -0.25) is 0 Å². The number of aliphatic hydroxyl groups is 1. The molecule has 3 atom stereocenters. The van der Waals surface area contributed by atoms with Gasteiger partial charge in [-0.15, -0.1) is 0 Å². The van der Waals surface area contributed by atoms with Gasteiger partial charge in [0, 0.05) is 11.7 Å². The number of rotatable bonds is 2. The summed E-state index contributed by atoms with van der Waals surface area (Å²) in [5.74, 6) is 0. The van der Waals surface area contributed by atoms with Gasteiger partial charge in [-0.1, -0.05) is 18.2 Å². The molecule has 1 aliphatic rings. The third-order valence-corrected chi connectivity index (χ3v) is 3.40. The Balaban J connectivity index is 2.33. The third-order valence-electron chi connectivity index (χ3n) is 3.40. The minimum Gasteiger partial charge on any atom is -0.391 e. The summed E-state index contributed by atoms with van der Waals surface area (Å²) in [6.07, 6.45) is 0.798. The van der Waals surface area contributed by atoms with E-state index in [9.17, 15) is 5.11 Å². The molecule has 0 fully saturated rings. The van der Waals surface area contributed by atoms with E-state index >= 15 is 0 Å². The Morgan fingerprint density at radius 3 is 2.67 bits per heavy atom. The minimum atomic E-state index is -0.293. The molecule has 1 aromatic carbocycles. The number of anilines is 1. The zero-order valence-corrected chi connectivity index (χ0v) is 9.64. The number of fused-ring (bicyclic) bond motifs is 1. The summed E-state index contributed by atoms with van der Waals surface area (Å²) in [7, 11) is 0. The van der Waals surface area contributed by atoms with Crippen molar-refractivity contribution >= 4 is 5.69 Å². The molecule has 1 N–H and O–H groups in total. The van der Waals surface area contributed by atoms with Gasteiger partial charge < -0.3 is 10.0 Å². The van der Waals surface area contributed by atoms with Crippen LogP contribution in [0.25, 0.3) is 0 Å². The first kappa shape index (κ1) is 10.5. The van der Waals surface area contributed by atoms with E-state index in [1.165, 1.54) is 11.3 Å². The average molecular weight is 205 g/mol. The molecule has 1 heterocycles. The number of benzene rings is 1. The van der Waals surface area contributed by atoms with Crippen LogP contribution in [0.5, 0.6) is 0 Å². The van der Waals surface area contributed by atoms with Crippen LogP contribution >= 0.6 is 0 Å². The fraction of sp³-hybridized carbons (Fsp3) is 0.538. The fourth-order valence-corrected chi connectivity index (χ4v) is 2.44. The largest absolute Gasteiger partial charge is 0.391 e. The maximum atomic E-state index is 9.68. The monoisotopic (exact) mass is 205 g/mol. The topological polar surface area (TPSA) is 23.5 Å². The summed E-state index contributed by atoms with van der Waals surface area (Å²) in [6.45, 7) is 6.17. The third kappa shape index (κ3) is 1.74. The molecule has 0 bridgehead atoms. The Morgan fingerprint density at radius 2 is 2.00 bits per heavy atom. The molecule has 0 aromatic heterocycles. The van der Waals surface area contributed by atoms with E-state index in [2.05, 4.69) is 43.0 Å². The van der Waals surface area contributed by atoms with Crippen molar-refractivity contribution < 1.29 is 5.11 Å². The first-order valence-electron chi connectivity index (χ1n) is 5.65.